The molecule has 0 spiro atoms. The molecule has 1 aromatic heterocycles. The molecular weight excluding hydrogens is 298 g/mol. The first-order valence-electron chi connectivity index (χ1n) is 6.14. The Morgan fingerprint density at radius 3 is 2.70 bits per heavy atom. The number of nitrogens with one attached hydrogen (secondary N) is 1. The van der Waals surface area contributed by atoms with Crippen molar-refractivity contribution in [3.63, 3.8) is 0 Å². The van der Waals surface area contributed by atoms with Crippen LogP contribution in [0.5, 0.6) is 5.75 Å². The number of hydrogen-bond acceptors (Lipinski definition) is 5. The fourth-order valence-corrected chi connectivity index (χ4v) is 2.23. The molecule has 0 fully saturated rings. The van der Waals surface area contributed by atoms with Gasteiger partial charge in [0.1, 0.15) is 10.8 Å². The predicted molar refractivity (Wildman–Crippen MR) is 79.5 cm³/mol. The van der Waals surface area contributed by atoms with E-state index < -0.39 is 6.10 Å². The molecule has 106 valence electrons. The van der Waals surface area contributed by atoms with E-state index in [9.17, 15) is 4.79 Å². The van der Waals surface area contributed by atoms with Gasteiger partial charge in [0.25, 0.3) is 5.91 Å². The lowest BCUT2D eigenvalue weighted by atomic mass is 10.3. The molecule has 1 heterocycles. The summed E-state index contributed by atoms with van der Waals surface area (Å²) in [5.41, 5.74) is 0. The summed E-state index contributed by atoms with van der Waals surface area (Å²) in [6, 6.07) is 6.85. The molecule has 7 heteroatoms. The smallest absolute Gasteiger partial charge is 0.266 e. The second kappa shape index (κ2) is 6.67. The van der Waals surface area contributed by atoms with Gasteiger partial charge in [0.2, 0.25) is 5.13 Å². The van der Waals surface area contributed by atoms with Crippen LogP contribution >= 0.6 is 22.9 Å². The van der Waals surface area contributed by atoms with Crippen LogP contribution in [-0.4, -0.2) is 22.2 Å². The first-order valence-corrected chi connectivity index (χ1v) is 7.33. The summed E-state index contributed by atoms with van der Waals surface area (Å²) in [6.07, 6.45) is 0.162. The number of aryl methyl sites for hydroxylation is 1. The first kappa shape index (κ1) is 14.7. The maximum Gasteiger partial charge on any atom is 0.266 e. The Bertz CT molecular complexity index is 586. The van der Waals surface area contributed by atoms with Gasteiger partial charge >= 0.3 is 0 Å². The van der Waals surface area contributed by atoms with Gasteiger partial charge in [-0.15, -0.1) is 10.2 Å². The summed E-state index contributed by atoms with van der Waals surface area (Å²) < 4.78 is 5.52. The summed E-state index contributed by atoms with van der Waals surface area (Å²) in [5.74, 6) is 0.322. The van der Waals surface area contributed by atoms with E-state index in [1.807, 2.05) is 6.92 Å². The maximum atomic E-state index is 12.0. The Morgan fingerprint density at radius 1 is 1.40 bits per heavy atom. The molecule has 20 heavy (non-hydrogen) atoms. The number of rotatable bonds is 5. The van der Waals surface area contributed by atoms with Crippen molar-refractivity contribution in [2.45, 2.75) is 26.4 Å². The fourth-order valence-electron chi connectivity index (χ4n) is 1.42. The Kier molecular flexibility index (Phi) is 4.92. The molecule has 0 unspecified atom stereocenters. The Balaban J connectivity index is 1.93. The van der Waals surface area contributed by atoms with Crippen LogP contribution in [0, 0.1) is 0 Å². The van der Waals surface area contributed by atoms with Crippen molar-refractivity contribution >= 4 is 34.0 Å². The minimum absolute atomic E-state index is 0.265. The summed E-state index contributed by atoms with van der Waals surface area (Å²) in [6.45, 7) is 3.66. The summed E-state index contributed by atoms with van der Waals surface area (Å²) in [7, 11) is 0. The highest BCUT2D eigenvalue weighted by Crippen LogP contribution is 2.18. The van der Waals surface area contributed by atoms with Crippen LogP contribution < -0.4 is 10.1 Å². The number of ether oxygens (including phenoxy) is 1. The third-order valence-electron chi connectivity index (χ3n) is 2.50. The number of hydrogen-bond donors (Lipinski definition) is 1. The highest BCUT2D eigenvalue weighted by molar-refractivity contribution is 7.15. The van der Waals surface area contributed by atoms with E-state index in [0.717, 1.165) is 11.4 Å². The van der Waals surface area contributed by atoms with E-state index in [4.69, 9.17) is 16.3 Å². The van der Waals surface area contributed by atoms with Gasteiger partial charge in [-0.3, -0.25) is 10.1 Å². The number of carbonyl (C=O) groups excluding carboxylic acids is 1. The van der Waals surface area contributed by atoms with E-state index in [1.165, 1.54) is 11.3 Å². The molecule has 0 aliphatic carbocycles. The molecule has 0 aliphatic rings. The molecule has 0 saturated carbocycles. The minimum atomic E-state index is -0.634. The molecular formula is C13H14ClN3O2S. The molecule has 0 saturated heterocycles. The molecule has 1 amide bonds. The second-order valence-electron chi connectivity index (χ2n) is 4.06. The van der Waals surface area contributed by atoms with Gasteiger partial charge in [-0.2, -0.15) is 0 Å². The van der Waals surface area contributed by atoms with Crippen molar-refractivity contribution in [3.8, 4) is 5.75 Å². The van der Waals surface area contributed by atoms with Crippen LogP contribution in [0.1, 0.15) is 18.9 Å². The van der Waals surface area contributed by atoms with Crippen LogP contribution in [0.4, 0.5) is 5.13 Å². The fraction of sp³-hybridized carbons (Fsp3) is 0.308. The van der Waals surface area contributed by atoms with Crippen molar-refractivity contribution in [2.24, 2.45) is 0 Å². The summed E-state index contributed by atoms with van der Waals surface area (Å²) in [4.78, 5) is 12.0. The molecule has 1 aromatic carbocycles. The molecule has 1 N–H and O–H groups in total. The van der Waals surface area contributed by atoms with E-state index in [1.54, 1.807) is 31.2 Å². The number of carbonyl (C=O) groups is 1. The highest BCUT2D eigenvalue weighted by Gasteiger charge is 2.16. The monoisotopic (exact) mass is 311 g/mol. The first-order chi connectivity index (χ1) is 9.58. The van der Waals surface area contributed by atoms with E-state index in [0.29, 0.717) is 15.9 Å². The quantitative estimate of drug-likeness (QED) is 0.921. The van der Waals surface area contributed by atoms with Crippen molar-refractivity contribution in [3.05, 3.63) is 34.3 Å². The zero-order valence-corrected chi connectivity index (χ0v) is 12.7. The van der Waals surface area contributed by atoms with Gasteiger partial charge in [0.15, 0.2) is 6.10 Å². The van der Waals surface area contributed by atoms with Gasteiger partial charge in [-0.1, -0.05) is 29.9 Å². The van der Waals surface area contributed by atoms with Crippen molar-refractivity contribution in [2.75, 3.05) is 5.32 Å². The zero-order chi connectivity index (χ0) is 14.5. The van der Waals surface area contributed by atoms with Crippen LogP contribution in [0.2, 0.25) is 5.02 Å². The average Bonchev–Trinajstić information content (AvgIpc) is 2.89. The number of halogens is 1. The predicted octanol–water partition coefficient (Wildman–Crippen LogP) is 3.16. The third kappa shape index (κ3) is 3.91. The zero-order valence-electron chi connectivity index (χ0n) is 11.1. The molecule has 0 aliphatic heterocycles. The second-order valence-corrected chi connectivity index (χ2v) is 5.56. The lowest BCUT2D eigenvalue weighted by molar-refractivity contribution is -0.122. The average molecular weight is 312 g/mol. The Hall–Kier alpha value is -1.66. The maximum absolute atomic E-state index is 12.0. The highest BCUT2D eigenvalue weighted by atomic mass is 35.5. The molecule has 5 nitrogen and oxygen atoms in total. The standard InChI is InChI=1S/C13H14ClN3O2S/c1-3-11-16-17-13(20-11)15-12(18)8(2)19-10-6-4-9(14)5-7-10/h4-8H,3H2,1-2H3,(H,15,17,18)/t8-/m0/s1. The molecule has 2 aromatic rings. The Labute approximate surface area is 125 Å². The molecule has 0 bridgehead atoms. The van der Waals surface area contributed by atoms with E-state index in [2.05, 4.69) is 15.5 Å². The molecule has 1 atom stereocenters. The number of benzene rings is 1. The van der Waals surface area contributed by atoms with E-state index in [-0.39, 0.29) is 5.91 Å². The van der Waals surface area contributed by atoms with Crippen LogP contribution in [0.25, 0.3) is 0 Å². The number of amides is 1. The molecule has 2 rings (SSSR count). The van der Waals surface area contributed by atoms with Gasteiger partial charge in [0.05, 0.1) is 0 Å². The SMILES string of the molecule is CCc1nnc(NC(=O)[C@H](C)Oc2ccc(Cl)cc2)s1. The normalized spacial score (nSPS) is 11.9. The summed E-state index contributed by atoms with van der Waals surface area (Å²) >= 11 is 7.15. The van der Waals surface area contributed by atoms with Crippen LogP contribution in [0.3, 0.4) is 0 Å². The number of aromatic nitrogens is 2. The van der Waals surface area contributed by atoms with Gasteiger partial charge < -0.3 is 4.74 Å². The third-order valence-corrected chi connectivity index (χ3v) is 3.73. The van der Waals surface area contributed by atoms with Crippen LogP contribution in [-0.2, 0) is 11.2 Å². The summed E-state index contributed by atoms with van der Waals surface area (Å²) in [5, 5.41) is 12.5. The topological polar surface area (TPSA) is 64.1 Å². The van der Waals surface area contributed by atoms with Gasteiger partial charge in [0, 0.05) is 5.02 Å². The Morgan fingerprint density at radius 2 is 2.10 bits per heavy atom. The molecule has 0 radical (unpaired) electrons. The number of anilines is 1. The lowest BCUT2D eigenvalue weighted by Crippen LogP contribution is -2.30. The van der Waals surface area contributed by atoms with Crippen molar-refractivity contribution in [1.82, 2.24) is 10.2 Å². The number of nitrogens with zero attached hydrogens (tertiary/aromatic N) is 2. The lowest BCUT2D eigenvalue weighted by Gasteiger charge is -2.13. The van der Waals surface area contributed by atoms with Gasteiger partial charge in [-0.05, 0) is 37.6 Å². The van der Waals surface area contributed by atoms with Crippen LogP contribution in [0.15, 0.2) is 24.3 Å². The van der Waals surface area contributed by atoms with Crippen molar-refractivity contribution < 1.29 is 9.53 Å². The van der Waals surface area contributed by atoms with Gasteiger partial charge in [-0.25, -0.2) is 0 Å². The largest absolute Gasteiger partial charge is 0.481 e. The minimum Gasteiger partial charge on any atom is -0.481 e. The van der Waals surface area contributed by atoms with E-state index >= 15 is 0 Å². The van der Waals surface area contributed by atoms with Crippen molar-refractivity contribution in [1.29, 1.82) is 0 Å².